The molecule has 0 spiro atoms. The van der Waals surface area contributed by atoms with E-state index in [1.54, 1.807) is 28.4 Å². The average Bonchev–Trinajstić information content (AvgIpc) is 3.04. The normalized spacial score (nSPS) is 18.6. The van der Waals surface area contributed by atoms with Crippen LogP contribution in [0, 0.1) is 5.92 Å². The Balaban J connectivity index is 1.33. The van der Waals surface area contributed by atoms with Crippen LogP contribution in [0.1, 0.15) is 29.5 Å². The van der Waals surface area contributed by atoms with Gasteiger partial charge in [0.25, 0.3) is 0 Å². The van der Waals surface area contributed by atoms with Gasteiger partial charge in [-0.1, -0.05) is 6.07 Å². The first-order valence-electron chi connectivity index (χ1n) is 12.5. The molecule has 35 heavy (non-hydrogen) atoms. The summed E-state index contributed by atoms with van der Waals surface area (Å²) in [6, 6.07) is 10.1. The number of carbonyl (C=O) groups is 1. The lowest BCUT2D eigenvalue weighted by Gasteiger charge is -2.35. The second-order valence-electron chi connectivity index (χ2n) is 9.49. The second-order valence-corrected chi connectivity index (χ2v) is 9.49. The maximum Gasteiger partial charge on any atom is 0.227 e. The Morgan fingerprint density at radius 3 is 2.26 bits per heavy atom. The van der Waals surface area contributed by atoms with Gasteiger partial charge in [-0.05, 0) is 79.1 Å². The fraction of sp³-hybridized carbons (Fsp3) is 0.536. The molecule has 0 bridgehead atoms. The van der Waals surface area contributed by atoms with Gasteiger partial charge in [0.05, 0.1) is 34.9 Å². The smallest absolute Gasteiger partial charge is 0.227 e. The molecule has 190 valence electrons. The average molecular weight is 483 g/mol. The van der Waals surface area contributed by atoms with Crippen molar-refractivity contribution in [2.75, 3.05) is 61.2 Å². The number of piperidine rings is 1. The third kappa shape index (κ3) is 6.01. The van der Waals surface area contributed by atoms with Gasteiger partial charge in [-0.25, -0.2) is 0 Å². The van der Waals surface area contributed by atoms with Crippen LogP contribution in [-0.2, 0) is 24.1 Å². The van der Waals surface area contributed by atoms with Crippen LogP contribution < -0.4 is 18.9 Å². The fourth-order valence-corrected chi connectivity index (χ4v) is 5.35. The van der Waals surface area contributed by atoms with Crippen LogP contribution in [0.2, 0.25) is 0 Å². The number of likely N-dealkylation sites (tertiary alicyclic amines) is 1. The van der Waals surface area contributed by atoms with Crippen molar-refractivity contribution in [3.8, 4) is 23.0 Å². The number of rotatable bonds is 9. The number of hydrogen-bond donors (Lipinski definition) is 0. The van der Waals surface area contributed by atoms with E-state index in [2.05, 4.69) is 21.9 Å². The van der Waals surface area contributed by atoms with E-state index in [1.165, 1.54) is 24.0 Å². The van der Waals surface area contributed by atoms with Crippen molar-refractivity contribution in [1.29, 1.82) is 0 Å². The molecule has 1 fully saturated rings. The maximum atomic E-state index is 13.1. The summed E-state index contributed by atoms with van der Waals surface area (Å²) in [5, 5.41) is 0. The minimum absolute atomic E-state index is 0.207. The molecule has 1 atom stereocenters. The van der Waals surface area contributed by atoms with Crippen molar-refractivity contribution in [3.05, 3.63) is 47.0 Å². The standard InChI is InChI=1S/C28H38N2O5/c1-32-24-8-7-20(14-25(24)33-2)9-12-29-11-5-6-21(18-29)19-30-13-10-22-15-26(34-3)27(35-4)16-23(22)17-28(30)31/h7-8,14-16,21H,5-6,9-13,17-19H2,1-4H3/t21-/m1/s1. The lowest BCUT2D eigenvalue weighted by atomic mass is 9.96. The Hall–Kier alpha value is -2.93. The predicted octanol–water partition coefficient (Wildman–Crippen LogP) is 3.60. The number of ether oxygens (including phenoxy) is 4. The molecular formula is C28H38N2O5. The summed E-state index contributed by atoms with van der Waals surface area (Å²) in [6.45, 7) is 4.73. The van der Waals surface area contributed by atoms with Crippen LogP contribution in [0.3, 0.4) is 0 Å². The zero-order valence-electron chi connectivity index (χ0n) is 21.5. The molecule has 1 saturated heterocycles. The van der Waals surface area contributed by atoms with Crippen LogP contribution >= 0.6 is 0 Å². The monoisotopic (exact) mass is 482 g/mol. The highest BCUT2D eigenvalue weighted by atomic mass is 16.5. The Bertz CT molecular complexity index is 1020. The zero-order valence-corrected chi connectivity index (χ0v) is 21.5. The molecule has 7 nitrogen and oxygen atoms in total. The summed E-state index contributed by atoms with van der Waals surface area (Å²) in [7, 11) is 6.62. The van der Waals surface area contributed by atoms with E-state index in [-0.39, 0.29) is 5.91 Å². The highest BCUT2D eigenvalue weighted by Gasteiger charge is 2.27. The third-order valence-electron chi connectivity index (χ3n) is 7.30. The lowest BCUT2D eigenvalue weighted by Crippen LogP contribution is -2.44. The van der Waals surface area contributed by atoms with Crippen molar-refractivity contribution < 1.29 is 23.7 Å². The summed E-state index contributed by atoms with van der Waals surface area (Å²) in [5.41, 5.74) is 3.48. The summed E-state index contributed by atoms with van der Waals surface area (Å²) in [4.78, 5) is 17.7. The Kier molecular flexibility index (Phi) is 8.39. The van der Waals surface area contributed by atoms with Crippen molar-refractivity contribution in [2.24, 2.45) is 5.92 Å². The van der Waals surface area contributed by atoms with Gasteiger partial charge in [0.15, 0.2) is 23.0 Å². The summed E-state index contributed by atoms with van der Waals surface area (Å²) in [5.74, 6) is 3.66. The molecule has 2 aliphatic rings. The van der Waals surface area contributed by atoms with Gasteiger partial charge in [0, 0.05) is 26.2 Å². The molecule has 2 aromatic rings. The largest absolute Gasteiger partial charge is 0.493 e. The Labute approximate surface area is 208 Å². The molecule has 0 unspecified atom stereocenters. The van der Waals surface area contributed by atoms with Crippen LogP contribution in [0.4, 0.5) is 0 Å². The summed E-state index contributed by atoms with van der Waals surface area (Å²) >= 11 is 0. The highest BCUT2D eigenvalue weighted by Crippen LogP contribution is 2.33. The molecule has 0 N–H and O–H groups in total. The Morgan fingerprint density at radius 1 is 0.857 bits per heavy atom. The van der Waals surface area contributed by atoms with Gasteiger partial charge in [0.1, 0.15) is 0 Å². The molecule has 2 heterocycles. The SMILES string of the molecule is COc1ccc(CCN2CCC[C@@H](CN3CCc4cc(OC)c(OC)cc4CC3=O)C2)cc1OC. The molecule has 0 aliphatic carbocycles. The van der Waals surface area contributed by atoms with E-state index in [0.717, 1.165) is 68.4 Å². The quantitative estimate of drug-likeness (QED) is 0.544. The van der Waals surface area contributed by atoms with Gasteiger partial charge in [-0.2, -0.15) is 0 Å². The number of amides is 1. The van der Waals surface area contributed by atoms with Gasteiger partial charge in [0.2, 0.25) is 5.91 Å². The minimum atomic E-state index is 0.207. The van der Waals surface area contributed by atoms with Crippen molar-refractivity contribution in [2.45, 2.75) is 32.1 Å². The van der Waals surface area contributed by atoms with E-state index >= 15 is 0 Å². The molecule has 0 radical (unpaired) electrons. The number of nitrogens with zero attached hydrogens (tertiary/aromatic N) is 2. The topological polar surface area (TPSA) is 60.5 Å². The molecule has 4 rings (SSSR count). The molecular weight excluding hydrogens is 444 g/mol. The van der Waals surface area contributed by atoms with Gasteiger partial charge < -0.3 is 28.7 Å². The van der Waals surface area contributed by atoms with E-state index < -0.39 is 0 Å². The summed E-state index contributed by atoms with van der Waals surface area (Å²) < 4.78 is 21.7. The zero-order chi connectivity index (χ0) is 24.8. The fourth-order valence-electron chi connectivity index (χ4n) is 5.35. The number of hydrogen-bond acceptors (Lipinski definition) is 6. The molecule has 1 amide bonds. The van der Waals surface area contributed by atoms with Crippen molar-refractivity contribution in [1.82, 2.24) is 9.80 Å². The molecule has 2 aliphatic heterocycles. The number of methoxy groups -OCH3 is 4. The number of fused-ring (bicyclic) bond motifs is 1. The first kappa shape index (κ1) is 25.2. The maximum absolute atomic E-state index is 13.1. The molecule has 2 aromatic carbocycles. The molecule has 0 aromatic heterocycles. The highest BCUT2D eigenvalue weighted by molar-refractivity contribution is 5.80. The van der Waals surface area contributed by atoms with Crippen molar-refractivity contribution in [3.63, 3.8) is 0 Å². The minimum Gasteiger partial charge on any atom is -0.493 e. The molecule has 7 heteroatoms. The predicted molar refractivity (Wildman–Crippen MR) is 136 cm³/mol. The first-order chi connectivity index (χ1) is 17.0. The second kappa shape index (κ2) is 11.7. The Morgan fingerprint density at radius 2 is 1.54 bits per heavy atom. The van der Waals surface area contributed by atoms with E-state index in [9.17, 15) is 4.79 Å². The van der Waals surface area contributed by atoms with E-state index in [0.29, 0.717) is 18.1 Å². The lowest BCUT2D eigenvalue weighted by molar-refractivity contribution is -0.131. The van der Waals surface area contributed by atoms with E-state index in [1.807, 2.05) is 18.2 Å². The third-order valence-corrected chi connectivity index (χ3v) is 7.30. The van der Waals surface area contributed by atoms with Crippen LogP contribution in [0.15, 0.2) is 30.3 Å². The first-order valence-corrected chi connectivity index (χ1v) is 12.5. The molecule has 0 saturated carbocycles. The van der Waals surface area contributed by atoms with Gasteiger partial charge in [-0.3, -0.25) is 4.79 Å². The van der Waals surface area contributed by atoms with E-state index in [4.69, 9.17) is 18.9 Å². The van der Waals surface area contributed by atoms with Crippen molar-refractivity contribution >= 4 is 5.91 Å². The van der Waals surface area contributed by atoms with Crippen LogP contribution in [0.25, 0.3) is 0 Å². The number of carbonyl (C=O) groups excluding carboxylic acids is 1. The number of benzene rings is 2. The van der Waals surface area contributed by atoms with Crippen LogP contribution in [-0.4, -0.2) is 76.9 Å². The van der Waals surface area contributed by atoms with Crippen LogP contribution in [0.5, 0.6) is 23.0 Å². The summed E-state index contributed by atoms with van der Waals surface area (Å²) in [6.07, 6.45) is 4.58. The van der Waals surface area contributed by atoms with Gasteiger partial charge in [-0.15, -0.1) is 0 Å². The van der Waals surface area contributed by atoms with Gasteiger partial charge >= 0.3 is 0 Å².